The zero-order valence-corrected chi connectivity index (χ0v) is 74.5. The van der Waals surface area contributed by atoms with E-state index in [0.717, 1.165) is 18.6 Å². The average Bonchev–Trinajstić information content (AvgIpc) is 1.62. The van der Waals surface area contributed by atoms with Crippen molar-refractivity contribution in [3.05, 3.63) is 206 Å². The number of carbonyl (C=O) groups is 3. The van der Waals surface area contributed by atoms with Gasteiger partial charge in [0.05, 0.1) is 145 Å². The summed E-state index contributed by atoms with van der Waals surface area (Å²) in [5.41, 5.74) is 2.23. The molecule has 0 aliphatic rings. The predicted octanol–water partition coefficient (Wildman–Crippen LogP) is 11.1. The van der Waals surface area contributed by atoms with Gasteiger partial charge in [-0.05, 0) is 131 Å². The molecule has 46 heteroatoms. The summed E-state index contributed by atoms with van der Waals surface area (Å²) in [5, 5.41) is 40.4. The van der Waals surface area contributed by atoms with Crippen LogP contribution in [-0.2, 0) is 94.5 Å². The van der Waals surface area contributed by atoms with E-state index in [2.05, 4.69) is 60.8 Å². The molecule has 0 fully saturated rings. The Morgan fingerprint density at radius 3 is 1.01 bits per heavy atom. The summed E-state index contributed by atoms with van der Waals surface area (Å²) in [6.07, 6.45) is -10.7. The summed E-state index contributed by atoms with van der Waals surface area (Å²) < 4.78 is 168. The molecule has 0 amide bonds. The second-order valence-electron chi connectivity index (χ2n) is 30.8. The molecule has 0 saturated heterocycles. The summed E-state index contributed by atoms with van der Waals surface area (Å²) >= 11 is 0. The van der Waals surface area contributed by atoms with Crippen LogP contribution in [0.1, 0.15) is 76.8 Å². The van der Waals surface area contributed by atoms with Crippen molar-refractivity contribution in [3.8, 4) is 17.1 Å². The van der Waals surface area contributed by atoms with E-state index in [-0.39, 0.29) is 165 Å². The lowest BCUT2D eigenvalue weighted by atomic mass is 10.0. The molecular formula is C90H107F9N22O15. The lowest BCUT2D eigenvalue weighted by Gasteiger charge is -2.23. The van der Waals surface area contributed by atoms with E-state index < -0.39 is 96.4 Å². The number of ether oxygens (including phenoxy) is 6. The Kier molecular flexibility index (Phi) is 35.9. The molecule has 9 heterocycles. The van der Waals surface area contributed by atoms with E-state index in [9.17, 15) is 83.6 Å². The van der Waals surface area contributed by atoms with Crippen LogP contribution in [-0.4, -0.2) is 260 Å². The first-order valence-corrected chi connectivity index (χ1v) is 43.5. The molecule has 9 aromatic heterocycles. The van der Waals surface area contributed by atoms with Gasteiger partial charge >= 0.3 is 53.6 Å². The molecule has 1 unspecified atom stereocenters. The number of alkyl halides is 9. The number of nitrogens with zero attached hydrogens (tertiary/aromatic N) is 18. The second-order valence-corrected chi connectivity index (χ2v) is 30.8. The van der Waals surface area contributed by atoms with Gasteiger partial charge < -0.3 is 74.4 Å². The fraction of sp³-hybridized carbons (Fsp3) is 0.433. The highest BCUT2D eigenvalue weighted by atomic mass is 19.4. The third-order valence-electron chi connectivity index (χ3n) is 21.8. The zero-order chi connectivity index (χ0) is 96.7. The van der Waals surface area contributed by atoms with Crippen LogP contribution in [0.4, 0.5) is 80.5 Å². The molecule has 0 saturated carbocycles. The van der Waals surface area contributed by atoms with E-state index in [0.29, 0.717) is 107 Å². The minimum Gasteiger partial charge on any atom is -0.480 e. The average molecular weight is 1910 g/mol. The van der Waals surface area contributed by atoms with E-state index in [1.807, 2.05) is 27.7 Å². The highest BCUT2D eigenvalue weighted by Gasteiger charge is 2.36. The Hall–Kier alpha value is -13.7. The van der Waals surface area contributed by atoms with Gasteiger partial charge in [0.25, 0.3) is 0 Å². The van der Waals surface area contributed by atoms with Crippen molar-refractivity contribution in [2.45, 2.75) is 144 Å². The number of hydrogen-bond donors (Lipinski definition) is 7. The Bertz CT molecular complexity index is 5920. The molecule has 37 nitrogen and oxygen atoms in total. The van der Waals surface area contributed by atoms with E-state index in [1.54, 1.807) is 138 Å². The predicted molar refractivity (Wildman–Crippen MR) is 489 cm³/mol. The minimum absolute atomic E-state index is 0. The molecule has 0 spiro atoms. The van der Waals surface area contributed by atoms with Crippen molar-refractivity contribution < 1.29 is 97.6 Å². The highest BCUT2D eigenvalue weighted by Crippen LogP contribution is 2.33. The van der Waals surface area contributed by atoms with Crippen molar-refractivity contribution in [1.29, 1.82) is 0 Å². The van der Waals surface area contributed by atoms with Crippen molar-refractivity contribution >= 4 is 92.4 Å². The number of pyridine rings is 3. The number of hydrogen-bond acceptors (Lipinski definition) is 28. The molecule has 0 bridgehead atoms. The Labute approximate surface area is 773 Å². The Balaban J connectivity index is 0.0000178. The molecule has 4 atom stereocenters. The summed E-state index contributed by atoms with van der Waals surface area (Å²) in [6, 6.07) is 25.0. The number of imidazole rings is 3. The van der Waals surface area contributed by atoms with Crippen LogP contribution >= 0.6 is 0 Å². The molecule has 12 aromatic rings. The number of benzene rings is 3. The molecule has 136 heavy (non-hydrogen) atoms. The van der Waals surface area contributed by atoms with E-state index in [1.165, 1.54) is 51.3 Å². The van der Waals surface area contributed by atoms with E-state index in [4.69, 9.17) is 28.4 Å². The third kappa shape index (κ3) is 26.9. The second kappa shape index (κ2) is 47.5. The molecule has 12 rings (SSSR count). The quantitative estimate of drug-likeness (QED) is 0.0106. The number of fused-ring (bicyclic) bond motifs is 3. The first kappa shape index (κ1) is 103. The number of carboxylic acid groups (broad SMARTS) is 3. The number of carboxylic acids is 3. The lowest BCUT2D eigenvalue weighted by Crippen LogP contribution is -2.33. The Morgan fingerprint density at radius 2 is 0.699 bits per heavy atom. The fourth-order valence-corrected chi connectivity index (χ4v) is 15.0. The molecule has 0 radical (unpaired) electrons. The molecular weight excluding hydrogens is 1800 g/mol. The van der Waals surface area contributed by atoms with Gasteiger partial charge in [-0.25, -0.2) is 72.4 Å². The van der Waals surface area contributed by atoms with Crippen LogP contribution in [0.3, 0.4) is 0 Å². The molecule has 0 aliphatic carbocycles. The molecule has 730 valence electrons. The van der Waals surface area contributed by atoms with Crippen molar-refractivity contribution in [1.82, 2.24) is 72.3 Å². The van der Waals surface area contributed by atoms with Gasteiger partial charge in [-0.15, -0.1) is 0 Å². The van der Waals surface area contributed by atoms with Gasteiger partial charge in [0.1, 0.15) is 41.6 Å². The number of rotatable bonds is 53. The third-order valence-corrected chi connectivity index (χ3v) is 21.8. The van der Waals surface area contributed by atoms with Gasteiger partial charge in [-0.1, -0.05) is 43.8 Å². The van der Waals surface area contributed by atoms with Crippen molar-refractivity contribution in [2.75, 3.05) is 148 Å². The normalized spacial score (nSPS) is 12.8. The monoisotopic (exact) mass is 1910 g/mol. The van der Waals surface area contributed by atoms with Gasteiger partial charge in [0.15, 0.2) is 22.8 Å². The van der Waals surface area contributed by atoms with Gasteiger partial charge in [0, 0.05) is 101 Å². The van der Waals surface area contributed by atoms with Gasteiger partial charge in [-0.3, -0.25) is 19.0 Å². The standard InChI is InChI=1S/C89H103F9N22O15.CH4/c1-7-112(8-2)81-102-51-59(49-87(90,91)92)72(108-81)105-65(78(121)122)46-56-19-25-61(26-20-56)118-75-69(16-13-31-99-75)115(84(118)127)34-37-130-40-42-133-54-64(135-45-44-132-39-36-117-71-18-15-33-101-77(71)120(86(117)129)62-27-21-57(22-28-62)47-66(79(123)124)106-73-60(50-88(93,94)95)52-103-82(109-73)113(9-3)10-4)55-134-43-41-131-38-35-116-70-17-14-32-100-76(70)119(85(116)128)63-29-23-58(24-30-63)48-67(80(125)126)107-74-68(111-89(96,97)98)53-104-83(110-74)114(11-5)12-6;/h13-33,51-53,64-67,111H,7-12,34-50,54-55H2,1-6H3,(H,121,122)(H,123,124)(H,125,126)(H,102,105,108)(H,103,106,109)(H,104,107,110);1H4/t64?,65-,66-,67-;/m0./s1. The largest absolute Gasteiger partial charge is 0.482 e. The topological polar surface area (TPSA) is 422 Å². The van der Waals surface area contributed by atoms with Crippen LogP contribution in [0, 0.1) is 0 Å². The molecule has 3 aromatic carbocycles. The lowest BCUT2D eigenvalue weighted by molar-refractivity contribution is -0.138. The first-order valence-electron chi connectivity index (χ1n) is 43.5. The van der Waals surface area contributed by atoms with Gasteiger partial charge in [0.2, 0.25) is 17.8 Å². The Morgan fingerprint density at radius 1 is 0.397 bits per heavy atom. The summed E-state index contributed by atoms with van der Waals surface area (Å²) in [7, 11) is 0. The summed E-state index contributed by atoms with van der Waals surface area (Å²) in [6.45, 7) is 14.1. The van der Waals surface area contributed by atoms with Gasteiger partial charge in [-0.2, -0.15) is 54.5 Å². The highest BCUT2D eigenvalue weighted by molar-refractivity contribution is 5.82. The number of anilines is 7. The summed E-state index contributed by atoms with van der Waals surface area (Å²) in [4.78, 5) is 125. The smallest absolute Gasteiger partial charge is 0.480 e. The van der Waals surface area contributed by atoms with Crippen molar-refractivity contribution in [3.63, 3.8) is 0 Å². The zero-order valence-electron chi connectivity index (χ0n) is 74.5. The summed E-state index contributed by atoms with van der Waals surface area (Å²) in [5.74, 6) is -4.64. The molecule has 7 N–H and O–H groups in total. The number of aromatic nitrogens is 15. The SMILES string of the molecule is C.CCN(CC)c1ncc(CC(F)(F)F)c(N[C@@H](Cc2ccc(-n3c(=O)n(CCOCCOCC(COCCOCCn4c(=O)n(-c5ccc(C[C@H](Nc6nc(N(CC)CC)ncc6NC(F)(F)F)C(=O)O)cc5)c5ncccc54)OCCOCCn4c(=O)n(-c5ccc(C[C@H](Nc6nc(N(CC)CC)ncc6CC(F)(F)F)C(=O)O)cc5)c5ncccc54)c4cccnc43)cc2)C(=O)O)n1. The maximum absolute atomic E-state index is 14.4. The molecule has 0 aliphatic heterocycles. The fourth-order valence-electron chi connectivity index (χ4n) is 15.0. The number of nitrogens with one attached hydrogen (secondary N) is 4. The minimum atomic E-state index is -4.89. The maximum Gasteiger partial charge on any atom is 0.482 e. The van der Waals surface area contributed by atoms with E-state index >= 15 is 0 Å². The van der Waals surface area contributed by atoms with Crippen LogP contribution in [0.2, 0.25) is 0 Å². The number of aliphatic carboxylic acids is 3. The van der Waals surface area contributed by atoms with Crippen LogP contribution in [0.15, 0.2) is 161 Å². The first-order chi connectivity index (χ1) is 64.8. The number of halogens is 9. The van der Waals surface area contributed by atoms with Crippen LogP contribution in [0.25, 0.3) is 50.6 Å². The van der Waals surface area contributed by atoms with Crippen LogP contribution in [0.5, 0.6) is 0 Å². The van der Waals surface area contributed by atoms with Crippen molar-refractivity contribution in [2.24, 2.45) is 0 Å². The maximum atomic E-state index is 14.4. The van der Waals surface area contributed by atoms with Crippen LogP contribution < -0.4 is 53.0 Å².